The van der Waals surface area contributed by atoms with Crippen LogP contribution < -0.4 is 20.7 Å². The molecule has 0 saturated carbocycles. The van der Waals surface area contributed by atoms with Crippen LogP contribution in [0.2, 0.25) is 0 Å². The zero-order valence-corrected chi connectivity index (χ0v) is 56.2. The highest BCUT2D eigenvalue weighted by Gasteiger charge is 2.42. The quantitative estimate of drug-likeness (QED) is 0.0858. The van der Waals surface area contributed by atoms with Gasteiger partial charge >= 0.3 is 0 Å². The molecule has 0 saturated heterocycles. The standard InChI is InChI=1S/C96H64N4Si/c1-9-25-89-81(17-1)82-18-2-10-26-90(82)97(89)73-49-33-65(34-50-73)69-41-57-77(58-42-69)101(78-59-43-70(44-60-78)66-35-51-74(52-36-66)98-91-27-11-3-19-83(91)84-20-4-12-28-92(84)98,79-61-45-71(46-62-79)67-37-53-75(54-38-67)99-93-29-13-5-21-85(93)86-22-6-14-30-94(86)99)80-63-47-72(48-64-80)68-39-55-76(56-40-68)100-95-31-15-7-23-87(95)88-24-8-16-32-96(88)100/h1-64H. The van der Waals surface area contributed by atoms with Gasteiger partial charge in [0.05, 0.1) is 44.1 Å². The van der Waals surface area contributed by atoms with Gasteiger partial charge in [-0.15, -0.1) is 0 Å². The third-order valence-corrected chi connectivity index (χ3v) is 26.2. The number of hydrogen-bond donors (Lipinski definition) is 0. The van der Waals surface area contributed by atoms with Crippen molar-refractivity contribution in [1.29, 1.82) is 0 Å². The van der Waals surface area contributed by atoms with E-state index < -0.39 is 8.07 Å². The minimum Gasteiger partial charge on any atom is -0.309 e. The van der Waals surface area contributed by atoms with E-state index in [0.29, 0.717) is 0 Å². The molecule has 101 heavy (non-hydrogen) atoms. The SMILES string of the molecule is c1ccc2c(c1)c1ccccc1n2-c1ccc(-c2ccc([Si](c3ccc(-c4ccc(-n5c6ccccc6c6ccccc65)cc4)cc3)(c3ccc(-c4ccc(-n5c6ccccc6c6ccccc65)cc4)cc3)c3ccc(-c4ccc(-n5c6ccccc6c6ccccc65)cc4)cc3)cc2)cc1. The van der Waals surface area contributed by atoms with E-state index in [1.165, 1.54) is 152 Å². The molecule has 4 nitrogen and oxygen atoms in total. The molecular weight excluding hydrogens is 1240 g/mol. The predicted octanol–water partition coefficient (Wildman–Crippen LogP) is 22.1. The molecule has 0 spiro atoms. The fraction of sp³-hybridized carbons (Fsp3) is 0. The summed E-state index contributed by atoms with van der Waals surface area (Å²) in [7, 11) is -3.20. The molecule has 0 unspecified atom stereocenters. The number of nitrogens with zero attached hydrogens (tertiary/aromatic N) is 4. The normalized spacial score (nSPS) is 12.0. The molecule has 472 valence electrons. The molecule has 0 aliphatic rings. The number of aromatic nitrogens is 4. The summed E-state index contributed by atoms with van der Waals surface area (Å²) in [5.74, 6) is 0. The van der Waals surface area contributed by atoms with Crippen molar-refractivity contribution in [1.82, 2.24) is 18.3 Å². The molecule has 0 amide bonds. The zero-order chi connectivity index (χ0) is 66.5. The Morgan fingerprint density at radius 1 is 0.129 bits per heavy atom. The summed E-state index contributed by atoms with van der Waals surface area (Å²) >= 11 is 0. The second-order valence-corrected chi connectivity index (χ2v) is 30.5. The first-order valence-corrected chi connectivity index (χ1v) is 36.9. The molecule has 0 atom stereocenters. The first-order valence-electron chi connectivity index (χ1n) is 34.9. The minimum absolute atomic E-state index is 1.14. The van der Waals surface area contributed by atoms with Crippen molar-refractivity contribution in [2.45, 2.75) is 0 Å². The molecule has 0 aliphatic carbocycles. The van der Waals surface area contributed by atoms with Gasteiger partial charge in [0.2, 0.25) is 0 Å². The maximum absolute atomic E-state index is 3.20. The third-order valence-electron chi connectivity index (χ3n) is 21.4. The summed E-state index contributed by atoms with van der Waals surface area (Å²) < 4.78 is 9.58. The van der Waals surface area contributed by atoms with Crippen molar-refractivity contribution in [3.8, 4) is 67.3 Å². The van der Waals surface area contributed by atoms with Gasteiger partial charge in [0.25, 0.3) is 0 Å². The highest BCUT2D eigenvalue weighted by Crippen LogP contribution is 2.38. The highest BCUT2D eigenvalue weighted by atomic mass is 28.3. The molecule has 5 heteroatoms. The summed E-state index contributed by atoms with van der Waals surface area (Å²) in [6.07, 6.45) is 0. The van der Waals surface area contributed by atoms with Crippen LogP contribution in [-0.2, 0) is 0 Å². The third kappa shape index (κ3) is 9.35. The van der Waals surface area contributed by atoms with E-state index in [-0.39, 0.29) is 0 Å². The lowest BCUT2D eigenvalue weighted by atomic mass is 10.1. The summed E-state index contributed by atoms with van der Waals surface area (Å²) in [6.45, 7) is 0. The summed E-state index contributed by atoms with van der Waals surface area (Å²) in [4.78, 5) is 0. The molecule has 20 aromatic rings. The number of para-hydroxylation sites is 8. The summed E-state index contributed by atoms with van der Waals surface area (Å²) in [5.41, 5.74) is 23.6. The van der Waals surface area contributed by atoms with Crippen LogP contribution in [0.3, 0.4) is 0 Å². The Morgan fingerprint density at radius 3 is 0.406 bits per heavy atom. The monoisotopic (exact) mass is 1300 g/mol. The van der Waals surface area contributed by atoms with E-state index in [4.69, 9.17) is 0 Å². The average molecular weight is 1300 g/mol. The van der Waals surface area contributed by atoms with Crippen molar-refractivity contribution in [3.63, 3.8) is 0 Å². The molecular formula is C96H64N4Si. The molecule has 0 bridgehead atoms. The number of benzene rings is 16. The molecule has 4 aromatic heterocycles. The van der Waals surface area contributed by atoms with E-state index in [9.17, 15) is 0 Å². The number of hydrogen-bond acceptors (Lipinski definition) is 0. The van der Waals surface area contributed by atoms with Gasteiger partial charge in [-0.3, -0.25) is 0 Å². The molecule has 4 heterocycles. The topological polar surface area (TPSA) is 19.7 Å². The number of fused-ring (bicyclic) bond motifs is 12. The van der Waals surface area contributed by atoms with Crippen LogP contribution in [-0.4, -0.2) is 26.3 Å². The average Bonchev–Trinajstić information content (AvgIpc) is 1.72. The fourth-order valence-corrected chi connectivity index (χ4v) is 21.3. The lowest BCUT2D eigenvalue weighted by Gasteiger charge is -2.35. The van der Waals surface area contributed by atoms with Crippen LogP contribution in [0.25, 0.3) is 154 Å². The Morgan fingerprint density at radius 2 is 0.257 bits per heavy atom. The van der Waals surface area contributed by atoms with Crippen LogP contribution in [0.5, 0.6) is 0 Å². The van der Waals surface area contributed by atoms with Crippen molar-refractivity contribution in [3.05, 3.63) is 388 Å². The molecule has 0 fully saturated rings. The largest absolute Gasteiger partial charge is 0.309 e. The van der Waals surface area contributed by atoms with Gasteiger partial charge in [0.1, 0.15) is 0 Å². The van der Waals surface area contributed by atoms with E-state index in [1.54, 1.807) is 0 Å². The maximum Gasteiger partial charge on any atom is 0.179 e. The van der Waals surface area contributed by atoms with Crippen LogP contribution in [0.1, 0.15) is 0 Å². The predicted molar refractivity (Wildman–Crippen MR) is 429 cm³/mol. The lowest BCUT2D eigenvalue weighted by molar-refractivity contribution is 1.18. The second kappa shape index (κ2) is 23.6. The van der Waals surface area contributed by atoms with Crippen LogP contribution in [0.15, 0.2) is 388 Å². The Labute approximate surface area is 586 Å². The lowest BCUT2D eigenvalue weighted by Crippen LogP contribution is -2.74. The van der Waals surface area contributed by atoms with Gasteiger partial charge in [-0.1, -0.05) is 291 Å². The van der Waals surface area contributed by atoms with Crippen molar-refractivity contribution in [2.75, 3.05) is 0 Å². The van der Waals surface area contributed by atoms with Crippen LogP contribution in [0, 0.1) is 0 Å². The molecule has 0 aliphatic heterocycles. The van der Waals surface area contributed by atoms with Crippen molar-refractivity contribution >= 4 is 116 Å². The summed E-state index contributed by atoms with van der Waals surface area (Å²) in [6, 6.07) is 145. The highest BCUT2D eigenvalue weighted by molar-refractivity contribution is 7.20. The van der Waals surface area contributed by atoms with Crippen LogP contribution >= 0.6 is 0 Å². The van der Waals surface area contributed by atoms with Crippen molar-refractivity contribution in [2.24, 2.45) is 0 Å². The molecule has 0 N–H and O–H groups in total. The van der Waals surface area contributed by atoms with E-state index >= 15 is 0 Å². The minimum atomic E-state index is -3.20. The van der Waals surface area contributed by atoms with Gasteiger partial charge in [-0.2, -0.15) is 0 Å². The Bertz CT molecular complexity index is 5530. The molecule has 0 radical (unpaired) electrons. The smallest absolute Gasteiger partial charge is 0.179 e. The Hall–Kier alpha value is -13.1. The van der Waals surface area contributed by atoms with Gasteiger partial charge in [-0.05, 0) is 162 Å². The van der Waals surface area contributed by atoms with Gasteiger partial charge in [-0.25, -0.2) is 0 Å². The van der Waals surface area contributed by atoms with Gasteiger partial charge in [0, 0.05) is 65.8 Å². The van der Waals surface area contributed by atoms with E-state index in [2.05, 4.69) is 407 Å². The number of rotatable bonds is 12. The fourth-order valence-electron chi connectivity index (χ4n) is 16.7. The Kier molecular flexibility index (Phi) is 13.6. The van der Waals surface area contributed by atoms with Gasteiger partial charge in [0.15, 0.2) is 8.07 Å². The maximum atomic E-state index is 2.44. The molecule has 20 rings (SSSR count). The van der Waals surface area contributed by atoms with E-state index in [1.807, 2.05) is 0 Å². The van der Waals surface area contributed by atoms with Crippen molar-refractivity contribution < 1.29 is 0 Å². The summed E-state index contributed by atoms with van der Waals surface area (Å²) in [5, 5.41) is 15.3. The van der Waals surface area contributed by atoms with E-state index in [0.717, 1.165) is 22.7 Å². The molecule has 16 aromatic carbocycles. The first kappa shape index (κ1) is 58.1. The van der Waals surface area contributed by atoms with Crippen LogP contribution in [0.4, 0.5) is 0 Å². The first-order chi connectivity index (χ1) is 50.1. The Balaban J connectivity index is 0.719. The zero-order valence-electron chi connectivity index (χ0n) is 55.2. The second-order valence-electron chi connectivity index (χ2n) is 26.7. The van der Waals surface area contributed by atoms with Gasteiger partial charge < -0.3 is 18.3 Å².